The molecule has 6 nitrogen and oxygen atoms in total. The zero-order valence-electron chi connectivity index (χ0n) is 16.0. The Labute approximate surface area is 164 Å². The number of nitrogens with one attached hydrogen (secondary N) is 2. The van der Waals surface area contributed by atoms with E-state index in [0.29, 0.717) is 17.2 Å². The molecule has 0 fully saturated rings. The van der Waals surface area contributed by atoms with Gasteiger partial charge in [-0.15, -0.1) is 0 Å². The highest BCUT2D eigenvalue weighted by Crippen LogP contribution is 2.24. The summed E-state index contributed by atoms with van der Waals surface area (Å²) in [5.41, 5.74) is 4.11. The van der Waals surface area contributed by atoms with Gasteiger partial charge in [-0.2, -0.15) is 5.26 Å². The van der Waals surface area contributed by atoms with Gasteiger partial charge in [0, 0.05) is 17.1 Å². The van der Waals surface area contributed by atoms with E-state index >= 15 is 0 Å². The second-order valence-electron chi connectivity index (χ2n) is 6.73. The first-order chi connectivity index (χ1) is 13.5. The largest absolute Gasteiger partial charge is 0.324 e. The van der Waals surface area contributed by atoms with Crippen LogP contribution in [0.5, 0.6) is 0 Å². The van der Waals surface area contributed by atoms with Crippen LogP contribution in [0, 0.1) is 18.3 Å². The third-order valence-corrected chi connectivity index (χ3v) is 4.19. The first-order valence-corrected chi connectivity index (χ1v) is 8.99. The first-order valence-electron chi connectivity index (χ1n) is 8.99. The molecule has 1 aromatic heterocycles. The highest BCUT2D eigenvalue weighted by molar-refractivity contribution is 6.03. The number of amides is 1. The molecule has 3 rings (SSSR count). The molecule has 2 aromatic carbocycles. The fraction of sp³-hybridized carbons (Fsp3) is 0.182. The summed E-state index contributed by atoms with van der Waals surface area (Å²) in [7, 11) is 0. The van der Waals surface area contributed by atoms with Crippen LogP contribution in [0.4, 0.5) is 17.3 Å². The Bertz CT molecular complexity index is 1040. The zero-order valence-corrected chi connectivity index (χ0v) is 16.0. The van der Waals surface area contributed by atoms with E-state index in [-0.39, 0.29) is 17.5 Å². The van der Waals surface area contributed by atoms with Gasteiger partial charge in [0.1, 0.15) is 5.69 Å². The SMILES string of the molecule is Cc1cc(C(=O)Nc2ccccc2C(C)C)nc(Nc2ccc(C#N)cc2)n1. The summed E-state index contributed by atoms with van der Waals surface area (Å²) in [5, 5.41) is 14.9. The maximum absolute atomic E-state index is 12.8. The number of anilines is 3. The zero-order chi connectivity index (χ0) is 20.1. The molecule has 0 saturated heterocycles. The Morgan fingerprint density at radius 3 is 2.46 bits per heavy atom. The molecule has 0 aliphatic rings. The quantitative estimate of drug-likeness (QED) is 0.674. The molecule has 140 valence electrons. The van der Waals surface area contributed by atoms with Crippen LogP contribution in [-0.4, -0.2) is 15.9 Å². The van der Waals surface area contributed by atoms with Crippen LogP contribution in [0.3, 0.4) is 0 Å². The van der Waals surface area contributed by atoms with Crippen molar-refractivity contribution in [3.8, 4) is 6.07 Å². The Kier molecular flexibility index (Phi) is 5.66. The lowest BCUT2D eigenvalue weighted by molar-refractivity contribution is 0.102. The molecule has 0 saturated carbocycles. The van der Waals surface area contributed by atoms with Gasteiger partial charge in [-0.3, -0.25) is 4.79 Å². The average Bonchev–Trinajstić information content (AvgIpc) is 2.68. The second-order valence-corrected chi connectivity index (χ2v) is 6.73. The average molecular weight is 371 g/mol. The Morgan fingerprint density at radius 2 is 1.79 bits per heavy atom. The van der Waals surface area contributed by atoms with Crippen LogP contribution in [0.1, 0.15) is 47.1 Å². The van der Waals surface area contributed by atoms with Crippen molar-refractivity contribution >= 4 is 23.2 Å². The van der Waals surface area contributed by atoms with E-state index in [9.17, 15) is 4.79 Å². The van der Waals surface area contributed by atoms with E-state index < -0.39 is 0 Å². The lowest BCUT2D eigenvalue weighted by Crippen LogP contribution is -2.16. The monoisotopic (exact) mass is 371 g/mol. The molecule has 0 spiro atoms. The van der Waals surface area contributed by atoms with E-state index in [0.717, 1.165) is 16.9 Å². The standard InChI is InChI=1S/C22H21N5O/c1-14(2)18-6-4-5-7-19(18)26-21(28)20-12-15(3)24-22(27-20)25-17-10-8-16(13-23)9-11-17/h4-12,14H,1-3H3,(H,26,28)(H,24,25,27). The maximum Gasteiger partial charge on any atom is 0.274 e. The Balaban J connectivity index is 1.82. The van der Waals surface area contributed by atoms with Gasteiger partial charge in [-0.05, 0) is 54.8 Å². The number of nitrogens with zero attached hydrogens (tertiary/aromatic N) is 3. The maximum atomic E-state index is 12.8. The van der Waals surface area contributed by atoms with E-state index in [1.165, 1.54) is 0 Å². The molecule has 2 N–H and O–H groups in total. The fourth-order valence-electron chi connectivity index (χ4n) is 2.80. The summed E-state index contributed by atoms with van der Waals surface area (Å²) in [6, 6.07) is 18.4. The molecule has 0 unspecified atom stereocenters. The van der Waals surface area contributed by atoms with Crippen LogP contribution < -0.4 is 10.6 Å². The number of para-hydroxylation sites is 1. The minimum Gasteiger partial charge on any atom is -0.324 e. The lowest BCUT2D eigenvalue weighted by atomic mass is 10.0. The molecule has 1 heterocycles. The van der Waals surface area contributed by atoms with Crippen LogP contribution in [0.15, 0.2) is 54.6 Å². The fourth-order valence-corrected chi connectivity index (χ4v) is 2.80. The van der Waals surface area contributed by atoms with Crippen LogP contribution in [-0.2, 0) is 0 Å². The highest BCUT2D eigenvalue weighted by atomic mass is 16.1. The number of benzene rings is 2. The summed E-state index contributed by atoms with van der Waals surface area (Å²) in [5.74, 6) is 0.325. The van der Waals surface area contributed by atoms with Gasteiger partial charge in [-0.1, -0.05) is 32.0 Å². The molecule has 6 heteroatoms. The number of nitriles is 1. The minimum absolute atomic E-state index is 0.280. The van der Waals surface area contributed by atoms with E-state index in [4.69, 9.17) is 5.26 Å². The summed E-state index contributed by atoms with van der Waals surface area (Å²) in [6.45, 7) is 5.98. The third kappa shape index (κ3) is 4.51. The molecule has 0 radical (unpaired) electrons. The van der Waals surface area contributed by atoms with Crippen LogP contribution >= 0.6 is 0 Å². The van der Waals surface area contributed by atoms with Crippen molar-refractivity contribution < 1.29 is 4.79 Å². The molecule has 28 heavy (non-hydrogen) atoms. The number of carbonyl (C=O) groups excluding carboxylic acids is 1. The molecule has 0 bridgehead atoms. The van der Waals surface area contributed by atoms with Crippen molar-refractivity contribution in [2.24, 2.45) is 0 Å². The molecule has 3 aromatic rings. The molecular formula is C22H21N5O. The minimum atomic E-state index is -0.290. The molecule has 1 amide bonds. The van der Waals surface area contributed by atoms with Crippen molar-refractivity contribution in [1.82, 2.24) is 9.97 Å². The predicted molar refractivity (Wildman–Crippen MR) is 110 cm³/mol. The first kappa shape index (κ1) is 19.1. The van der Waals surface area contributed by atoms with Gasteiger partial charge in [0.05, 0.1) is 11.6 Å². The van der Waals surface area contributed by atoms with Gasteiger partial charge in [0.25, 0.3) is 5.91 Å². The van der Waals surface area contributed by atoms with Gasteiger partial charge < -0.3 is 10.6 Å². The Hall–Kier alpha value is -3.72. The van der Waals surface area contributed by atoms with Crippen molar-refractivity contribution in [3.05, 3.63) is 77.1 Å². The number of hydrogen-bond donors (Lipinski definition) is 2. The Morgan fingerprint density at radius 1 is 1.07 bits per heavy atom. The lowest BCUT2D eigenvalue weighted by Gasteiger charge is -2.14. The number of aryl methyl sites for hydroxylation is 1. The summed E-state index contributed by atoms with van der Waals surface area (Å²) in [4.78, 5) is 21.4. The predicted octanol–water partition coefficient (Wildman–Crippen LogP) is 4.78. The van der Waals surface area contributed by atoms with Crippen molar-refractivity contribution in [2.75, 3.05) is 10.6 Å². The van der Waals surface area contributed by atoms with Gasteiger partial charge in [-0.25, -0.2) is 9.97 Å². The van der Waals surface area contributed by atoms with Crippen LogP contribution in [0.2, 0.25) is 0 Å². The third-order valence-electron chi connectivity index (χ3n) is 4.19. The topological polar surface area (TPSA) is 90.7 Å². The van der Waals surface area contributed by atoms with Crippen molar-refractivity contribution in [2.45, 2.75) is 26.7 Å². The normalized spacial score (nSPS) is 10.4. The van der Waals surface area contributed by atoms with E-state index in [1.54, 1.807) is 30.3 Å². The van der Waals surface area contributed by atoms with Crippen LogP contribution in [0.25, 0.3) is 0 Å². The van der Waals surface area contributed by atoms with Gasteiger partial charge >= 0.3 is 0 Å². The summed E-state index contributed by atoms with van der Waals surface area (Å²) >= 11 is 0. The van der Waals surface area contributed by atoms with Crippen molar-refractivity contribution in [1.29, 1.82) is 5.26 Å². The second kappa shape index (κ2) is 8.31. The molecule has 0 atom stereocenters. The van der Waals surface area contributed by atoms with Crippen molar-refractivity contribution in [3.63, 3.8) is 0 Å². The molecule has 0 aliphatic carbocycles. The number of aromatic nitrogens is 2. The summed E-state index contributed by atoms with van der Waals surface area (Å²) < 4.78 is 0. The van der Waals surface area contributed by atoms with E-state index in [2.05, 4.69) is 40.5 Å². The summed E-state index contributed by atoms with van der Waals surface area (Å²) in [6.07, 6.45) is 0. The number of rotatable bonds is 5. The molecule has 0 aliphatic heterocycles. The van der Waals surface area contributed by atoms with Gasteiger partial charge in [0.15, 0.2) is 0 Å². The smallest absolute Gasteiger partial charge is 0.274 e. The highest BCUT2D eigenvalue weighted by Gasteiger charge is 2.14. The number of carbonyl (C=O) groups is 1. The number of hydrogen-bond acceptors (Lipinski definition) is 5. The molecular weight excluding hydrogens is 350 g/mol. The van der Waals surface area contributed by atoms with E-state index in [1.807, 2.05) is 31.2 Å². The van der Waals surface area contributed by atoms with Gasteiger partial charge in [0.2, 0.25) is 5.95 Å².